The summed E-state index contributed by atoms with van der Waals surface area (Å²) in [7, 11) is 0. The van der Waals surface area contributed by atoms with E-state index in [1.165, 1.54) is 4.90 Å². The first-order valence-corrected chi connectivity index (χ1v) is 9.51. The van der Waals surface area contributed by atoms with Crippen molar-refractivity contribution in [1.82, 2.24) is 4.90 Å². The number of carbonyl (C=O) groups is 3. The van der Waals surface area contributed by atoms with Crippen molar-refractivity contribution in [1.29, 1.82) is 0 Å². The zero-order chi connectivity index (χ0) is 19.2. The van der Waals surface area contributed by atoms with Gasteiger partial charge in [0, 0.05) is 18.7 Å². The third kappa shape index (κ3) is 5.08. The van der Waals surface area contributed by atoms with Gasteiger partial charge >= 0.3 is 0 Å². The predicted molar refractivity (Wildman–Crippen MR) is 108 cm³/mol. The van der Waals surface area contributed by atoms with Gasteiger partial charge in [-0.1, -0.05) is 48.0 Å². The minimum Gasteiger partial charge on any atom is -0.326 e. The van der Waals surface area contributed by atoms with E-state index < -0.39 is 0 Å². The maximum Gasteiger partial charge on any atom is 0.293 e. The van der Waals surface area contributed by atoms with Gasteiger partial charge in [0.2, 0.25) is 5.91 Å². The monoisotopic (exact) mass is 380 g/mol. The number of nitrogens with one attached hydrogen (secondary N) is 1. The van der Waals surface area contributed by atoms with Crippen molar-refractivity contribution in [2.24, 2.45) is 0 Å². The van der Waals surface area contributed by atoms with E-state index in [9.17, 15) is 14.4 Å². The quantitative estimate of drug-likeness (QED) is 0.752. The molecule has 0 aromatic heterocycles. The fraction of sp³-hybridized carbons (Fsp3) is 0.190. The van der Waals surface area contributed by atoms with Crippen LogP contribution in [0.15, 0.2) is 59.5 Å². The second-order valence-electron chi connectivity index (χ2n) is 6.26. The van der Waals surface area contributed by atoms with Crippen molar-refractivity contribution in [3.8, 4) is 0 Å². The van der Waals surface area contributed by atoms with Crippen LogP contribution in [0.3, 0.4) is 0 Å². The summed E-state index contributed by atoms with van der Waals surface area (Å²) in [5.41, 5.74) is 2.74. The topological polar surface area (TPSA) is 66.5 Å². The highest BCUT2D eigenvalue weighted by molar-refractivity contribution is 8.18. The first-order chi connectivity index (χ1) is 13.0. The molecule has 138 valence electrons. The van der Waals surface area contributed by atoms with Crippen LogP contribution in [0.2, 0.25) is 0 Å². The smallest absolute Gasteiger partial charge is 0.293 e. The van der Waals surface area contributed by atoms with E-state index in [0.717, 1.165) is 28.6 Å². The number of aryl methyl sites for hydroxylation is 1. The molecule has 1 fully saturated rings. The van der Waals surface area contributed by atoms with Crippen LogP contribution in [0.4, 0.5) is 10.5 Å². The molecule has 1 saturated heterocycles. The number of benzene rings is 2. The van der Waals surface area contributed by atoms with Gasteiger partial charge in [-0.05, 0) is 48.9 Å². The molecule has 0 unspecified atom stereocenters. The van der Waals surface area contributed by atoms with Gasteiger partial charge < -0.3 is 5.32 Å². The van der Waals surface area contributed by atoms with Crippen LogP contribution < -0.4 is 5.32 Å². The van der Waals surface area contributed by atoms with Gasteiger partial charge in [0.25, 0.3) is 11.1 Å². The maximum atomic E-state index is 12.4. The molecular formula is C21H20N2O3S. The Labute approximate surface area is 162 Å². The minimum atomic E-state index is -0.298. The van der Waals surface area contributed by atoms with E-state index >= 15 is 0 Å². The molecule has 1 aliphatic heterocycles. The zero-order valence-electron chi connectivity index (χ0n) is 15.0. The molecule has 2 aromatic carbocycles. The minimum absolute atomic E-state index is 0.134. The standard InChI is InChI=1S/C21H20N2O3S/c1-15-9-11-17(12-10-15)22-19(24)8-5-13-23-20(25)18(27-21(23)26)14-16-6-3-2-4-7-16/h2-4,6-7,9-12,14H,5,8,13H2,1H3,(H,22,24)/b18-14-. The van der Waals surface area contributed by atoms with Crippen LogP contribution in [0, 0.1) is 6.92 Å². The number of rotatable bonds is 6. The van der Waals surface area contributed by atoms with Gasteiger partial charge in [-0.15, -0.1) is 0 Å². The Kier molecular flexibility index (Phi) is 6.08. The predicted octanol–water partition coefficient (Wildman–Crippen LogP) is 4.45. The molecular weight excluding hydrogens is 360 g/mol. The molecule has 0 atom stereocenters. The number of anilines is 1. The van der Waals surface area contributed by atoms with Crippen molar-refractivity contribution in [3.05, 3.63) is 70.6 Å². The second-order valence-corrected chi connectivity index (χ2v) is 7.25. The molecule has 6 heteroatoms. The lowest BCUT2D eigenvalue weighted by Gasteiger charge is -2.12. The molecule has 1 N–H and O–H groups in total. The Morgan fingerprint density at radius 1 is 1.07 bits per heavy atom. The number of imide groups is 1. The van der Waals surface area contributed by atoms with Crippen LogP contribution >= 0.6 is 11.8 Å². The van der Waals surface area contributed by atoms with Gasteiger partial charge in [-0.3, -0.25) is 19.3 Å². The molecule has 1 aliphatic rings. The molecule has 1 heterocycles. The fourth-order valence-corrected chi connectivity index (χ4v) is 3.52. The summed E-state index contributed by atoms with van der Waals surface area (Å²) in [6, 6.07) is 16.9. The fourth-order valence-electron chi connectivity index (χ4n) is 2.65. The normalized spacial score (nSPS) is 15.4. The van der Waals surface area contributed by atoms with Gasteiger partial charge in [-0.25, -0.2) is 0 Å². The molecule has 3 amide bonds. The molecule has 27 heavy (non-hydrogen) atoms. The van der Waals surface area contributed by atoms with Crippen LogP contribution in [-0.2, 0) is 9.59 Å². The summed E-state index contributed by atoms with van der Waals surface area (Å²) in [4.78, 5) is 38.2. The molecule has 0 radical (unpaired) electrons. The summed E-state index contributed by atoms with van der Waals surface area (Å²) in [6.45, 7) is 2.21. The molecule has 3 rings (SSSR count). The van der Waals surface area contributed by atoms with E-state index in [1.807, 2.05) is 61.5 Å². The summed E-state index contributed by atoms with van der Waals surface area (Å²) >= 11 is 0.937. The Bertz CT molecular complexity index is 876. The second kappa shape index (κ2) is 8.68. The number of nitrogens with zero attached hydrogens (tertiary/aromatic N) is 1. The number of hydrogen-bond acceptors (Lipinski definition) is 4. The number of hydrogen-bond donors (Lipinski definition) is 1. The largest absolute Gasteiger partial charge is 0.326 e. The van der Waals surface area contributed by atoms with E-state index in [-0.39, 0.29) is 30.0 Å². The highest BCUT2D eigenvalue weighted by Gasteiger charge is 2.34. The number of carbonyl (C=O) groups excluding carboxylic acids is 3. The highest BCUT2D eigenvalue weighted by Crippen LogP contribution is 2.32. The zero-order valence-corrected chi connectivity index (χ0v) is 15.8. The van der Waals surface area contributed by atoms with E-state index in [2.05, 4.69) is 5.32 Å². The summed E-state index contributed by atoms with van der Waals surface area (Å²) < 4.78 is 0. The SMILES string of the molecule is Cc1ccc(NC(=O)CCCN2C(=O)S/C(=C\c3ccccc3)C2=O)cc1. The molecule has 5 nitrogen and oxygen atoms in total. The number of amides is 3. The van der Waals surface area contributed by atoms with E-state index in [4.69, 9.17) is 0 Å². The van der Waals surface area contributed by atoms with Crippen LogP contribution in [0.1, 0.15) is 24.0 Å². The lowest BCUT2D eigenvalue weighted by Crippen LogP contribution is -2.29. The molecule has 0 aliphatic carbocycles. The summed E-state index contributed by atoms with van der Waals surface area (Å²) in [6.07, 6.45) is 2.39. The average Bonchev–Trinajstić information content (AvgIpc) is 2.92. The van der Waals surface area contributed by atoms with Crippen molar-refractivity contribution in [2.45, 2.75) is 19.8 Å². The third-order valence-electron chi connectivity index (χ3n) is 4.09. The van der Waals surface area contributed by atoms with Gasteiger partial charge in [0.05, 0.1) is 4.91 Å². The van der Waals surface area contributed by atoms with E-state index in [0.29, 0.717) is 11.3 Å². The maximum absolute atomic E-state index is 12.4. The molecule has 0 saturated carbocycles. The van der Waals surface area contributed by atoms with Gasteiger partial charge in [0.15, 0.2) is 0 Å². The van der Waals surface area contributed by atoms with Crippen molar-refractivity contribution >= 4 is 40.6 Å². The molecule has 0 bridgehead atoms. The summed E-state index contributed by atoms with van der Waals surface area (Å²) in [5.74, 6) is -0.432. The Balaban J connectivity index is 1.51. The lowest BCUT2D eigenvalue weighted by atomic mass is 10.2. The van der Waals surface area contributed by atoms with Crippen LogP contribution in [-0.4, -0.2) is 28.5 Å². The van der Waals surface area contributed by atoms with Crippen molar-refractivity contribution in [2.75, 3.05) is 11.9 Å². The van der Waals surface area contributed by atoms with Crippen molar-refractivity contribution < 1.29 is 14.4 Å². The van der Waals surface area contributed by atoms with Gasteiger partial charge in [-0.2, -0.15) is 0 Å². The molecule has 0 spiro atoms. The first-order valence-electron chi connectivity index (χ1n) is 8.70. The Morgan fingerprint density at radius 3 is 2.48 bits per heavy atom. The van der Waals surface area contributed by atoms with Crippen LogP contribution in [0.25, 0.3) is 6.08 Å². The highest BCUT2D eigenvalue weighted by atomic mass is 32.2. The number of thioether (sulfide) groups is 1. The van der Waals surface area contributed by atoms with Crippen molar-refractivity contribution in [3.63, 3.8) is 0 Å². The Morgan fingerprint density at radius 2 is 1.78 bits per heavy atom. The summed E-state index contributed by atoms with van der Waals surface area (Å²) in [5, 5.41) is 2.52. The van der Waals surface area contributed by atoms with Gasteiger partial charge in [0.1, 0.15) is 0 Å². The first kappa shape index (κ1) is 18.9. The lowest BCUT2D eigenvalue weighted by molar-refractivity contribution is -0.123. The average molecular weight is 380 g/mol. The van der Waals surface area contributed by atoms with E-state index in [1.54, 1.807) is 6.08 Å². The Hall–Kier alpha value is -2.86. The molecule has 2 aromatic rings. The third-order valence-corrected chi connectivity index (χ3v) is 5.00. The van der Waals surface area contributed by atoms with Crippen LogP contribution in [0.5, 0.6) is 0 Å².